The van der Waals surface area contributed by atoms with E-state index in [1.54, 1.807) is 84.9 Å². The lowest BCUT2D eigenvalue weighted by atomic mass is 10.1. The van der Waals surface area contributed by atoms with E-state index in [0.717, 1.165) is 5.56 Å². The quantitative estimate of drug-likeness (QED) is 0.165. The van der Waals surface area contributed by atoms with Gasteiger partial charge in [-0.15, -0.1) is 0 Å². The summed E-state index contributed by atoms with van der Waals surface area (Å²) in [6.07, 6.45) is 1.40. The van der Waals surface area contributed by atoms with Crippen LogP contribution in [0.5, 0.6) is 5.75 Å². The molecule has 0 saturated carbocycles. The SMILES string of the molecule is Cc1ccc(C(=O)Nc2ccc(C(=O)N/N=C\c3ccccc3OC(=O)c3ccccc3)cc2)cc1. The summed E-state index contributed by atoms with van der Waals surface area (Å²) in [7, 11) is 0. The number of nitrogens with zero attached hydrogens (tertiary/aromatic N) is 1. The fourth-order valence-corrected chi connectivity index (χ4v) is 3.25. The summed E-state index contributed by atoms with van der Waals surface area (Å²) >= 11 is 0. The van der Waals surface area contributed by atoms with Crippen LogP contribution < -0.4 is 15.5 Å². The molecule has 0 aliphatic heterocycles. The fourth-order valence-electron chi connectivity index (χ4n) is 3.25. The molecule has 0 atom stereocenters. The second kappa shape index (κ2) is 11.4. The predicted octanol–water partition coefficient (Wildman–Crippen LogP) is 5.23. The normalized spacial score (nSPS) is 10.6. The zero-order valence-corrected chi connectivity index (χ0v) is 19.5. The van der Waals surface area contributed by atoms with Crippen LogP contribution in [0.15, 0.2) is 108 Å². The Morgan fingerprint density at radius 2 is 1.31 bits per heavy atom. The standard InChI is InChI=1S/C29H23N3O4/c1-20-11-13-21(14-12-20)27(33)31-25-17-15-22(16-18-25)28(34)32-30-19-24-9-5-6-10-26(24)36-29(35)23-7-3-2-4-8-23/h2-19H,1H3,(H,31,33)(H,32,34)/b30-19-. The molecule has 0 aromatic heterocycles. The van der Waals surface area contributed by atoms with Crippen LogP contribution in [0.4, 0.5) is 5.69 Å². The third-order valence-electron chi connectivity index (χ3n) is 5.22. The first kappa shape index (κ1) is 24.1. The van der Waals surface area contributed by atoms with Gasteiger partial charge in [0.05, 0.1) is 11.8 Å². The van der Waals surface area contributed by atoms with Crippen molar-refractivity contribution >= 4 is 29.7 Å². The molecule has 178 valence electrons. The van der Waals surface area contributed by atoms with E-state index in [2.05, 4.69) is 15.8 Å². The molecule has 36 heavy (non-hydrogen) atoms. The van der Waals surface area contributed by atoms with E-state index < -0.39 is 11.9 Å². The lowest BCUT2D eigenvalue weighted by molar-refractivity contribution is 0.0734. The summed E-state index contributed by atoms with van der Waals surface area (Å²) in [6.45, 7) is 1.95. The molecule has 0 unspecified atom stereocenters. The maximum Gasteiger partial charge on any atom is 0.343 e. The van der Waals surface area contributed by atoms with Gasteiger partial charge in [0.25, 0.3) is 11.8 Å². The van der Waals surface area contributed by atoms with Crippen LogP contribution in [-0.2, 0) is 0 Å². The lowest BCUT2D eigenvalue weighted by Gasteiger charge is -2.08. The van der Waals surface area contributed by atoms with Crippen molar-refractivity contribution in [2.45, 2.75) is 6.92 Å². The van der Waals surface area contributed by atoms with Crippen LogP contribution in [0.1, 0.15) is 42.2 Å². The molecule has 0 spiro atoms. The minimum absolute atomic E-state index is 0.233. The van der Waals surface area contributed by atoms with Crippen LogP contribution in [0.2, 0.25) is 0 Å². The van der Waals surface area contributed by atoms with Crippen LogP contribution in [-0.4, -0.2) is 24.0 Å². The van der Waals surface area contributed by atoms with E-state index in [4.69, 9.17) is 4.74 Å². The third-order valence-corrected chi connectivity index (χ3v) is 5.22. The average molecular weight is 478 g/mol. The molecule has 2 N–H and O–H groups in total. The molecule has 0 aliphatic rings. The highest BCUT2D eigenvalue weighted by Gasteiger charge is 2.11. The highest BCUT2D eigenvalue weighted by atomic mass is 16.5. The van der Waals surface area contributed by atoms with Gasteiger partial charge >= 0.3 is 5.97 Å². The maximum atomic E-state index is 12.5. The number of esters is 1. The Hall–Kier alpha value is -5.04. The summed E-state index contributed by atoms with van der Waals surface area (Å²) < 4.78 is 5.48. The second-order valence-electron chi connectivity index (χ2n) is 7.89. The minimum Gasteiger partial charge on any atom is -0.422 e. The molecule has 0 saturated heterocycles. The number of nitrogens with one attached hydrogen (secondary N) is 2. The van der Waals surface area contributed by atoms with Gasteiger partial charge in [0.2, 0.25) is 0 Å². The molecule has 0 radical (unpaired) electrons. The number of ether oxygens (including phenoxy) is 1. The van der Waals surface area contributed by atoms with Crippen LogP contribution >= 0.6 is 0 Å². The van der Waals surface area contributed by atoms with E-state index in [-0.39, 0.29) is 5.91 Å². The Morgan fingerprint density at radius 1 is 0.694 bits per heavy atom. The molecule has 0 aliphatic carbocycles. The maximum absolute atomic E-state index is 12.5. The molecule has 4 rings (SSSR count). The Balaban J connectivity index is 1.35. The summed E-state index contributed by atoms with van der Waals surface area (Å²) in [5.41, 5.74) is 5.95. The third kappa shape index (κ3) is 6.30. The van der Waals surface area contributed by atoms with E-state index in [9.17, 15) is 14.4 Å². The molecule has 7 nitrogen and oxygen atoms in total. The molecule has 4 aromatic carbocycles. The van der Waals surface area contributed by atoms with Gasteiger partial charge in [-0.3, -0.25) is 9.59 Å². The Morgan fingerprint density at radius 3 is 2.03 bits per heavy atom. The van der Waals surface area contributed by atoms with Gasteiger partial charge in [-0.2, -0.15) is 5.10 Å². The monoisotopic (exact) mass is 477 g/mol. The van der Waals surface area contributed by atoms with Gasteiger partial charge in [0.1, 0.15) is 5.75 Å². The zero-order chi connectivity index (χ0) is 25.3. The van der Waals surface area contributed by atoms with Gasteiger partial charge in [0.15, 0.2) is 0 Å². The Kier molecular flexibility index (Phi) is 7.63. The molecule has 0 heterocycles. The van der Waals surface area contributed by atoms with Gasteiger partial charge in [-0.1, -0.05) is 48.0 Å². The van der Waals surface area contributed by atoms with E-state index >= 15 is 0 Å². The molecule has 0 fully saturated rings. The average Bonchev–Trinajstić information content (AvgIpc) is 2.91. The summed E-state index contributed by atoms with van der Waals surface area (Å²) in [4.78, 5) is 37.2. The van der Waals surface area contributed by atoms with Crippen molar-refractivity contribution < 1.29 is 19.1 Å². The summed E-state index contributed by atoms with van der Waals surface area (Å²) in [6, 6.07) is 29.2. The van der Waals surface area contributed by atoms with Crippen molar-refractivity contribution in [3.63, 3.8) is 0 Å². The number of aryl methyl sites for hydroxylation is 1. The Bertz CT molecular complexity index is 1400. The van der Waals surface area contributed by atoms with E-state index in [1.165, 1.54) is 6.21 Å². The van der Waals surface area contributed by atoms with Gasteiger partial charge in [-0.25, -0.2) is 10.2 Å². The van der Waals surface area contributed by atoms with Gasteiger partial charge in [-0.05, 0) is 67.6 Å². The number of hydrogen-bond donors (Lipinski definition) is 2. The second-order valence-corrected chi connectivity index (χ2v) is 7.89. The number of carbonyl (C=O) groups is 3. The van der Waals surface area contributed by atoms with Crippen molar-refractivity contribution in [1.82, 2.24) is 5.43 Å². The van der Waals surface area contributed by atoms with Crippen LogP contribution in [0.25, 0.3) is 0 Å². The highest BCUT2D eigenvalue weighted by Crippen LogP contribution is 2.18. The van der Waals surface area contributed by atoms with E-state index in [1.807, 2.05) is 25.1 Å². The number of carbonyl (C=O) groups excluding carboxylic acids is 3. The highest BCUT2D eigenvalue weighted by molar-refractivity contribution is 6.04. The van der Waals surface area contributed by atoms with Crippen molar-refractivity contribution in [1.29, 1.82) is 0 Å². The van der Waals surface area contributed by atoms with Gasteiger partial charge < -0.3 is 10.1 Å². The number of para-hydroxylation sites is 1. The number of benzene rings is 4. The first-order chi connectivity index (χ1) is 17.5. The number of hydrogen-bond acceptors (Lipinski definition) is 5. The van der Waals surface area contributed by atoms with Crippen molar-refractivity contribution in [2.75, 3.05) is 5.32 Å². The summed E-state index contributed by atoms with van der Waals surface area (Å²) in [5.74, 6) is -0.835. The van der Waals surface area contributed by atoms with Crippen molar-refractivity contribution in [3.05, 3.63) is 131 Å². The van der Waals surface area contributed by atoms with Crippen LogP contribution in [0.3, 0.4) is 0 Å². The summed E-state index contributed by atoms with van der Waals surface area (Å²) in [5, 5.41) is 6.79. The molecule has 4 aromatic rings. The van der Waals surface area contributed by atoms with Crippen molar-refractivity contribution in [2.24, 2.45) is 5.10 Å². The first-order valence-corrected chi connectivity index (χ1v) is 11.2. The number of amides is 2. The van der Waals surface area contributed by atoms with Crippen LogP contribution in [0, 0.1) is 6.92 Å². The molecule has 2 amide bonds. The largest absolute Gasteiger partial charge is 0.422 e. The molecule has 7 heteroatoms. The number of hydrazone groups is 1. The number of anilines is 1. The Labute approximate surface area is 208 Å². The van der Waals surface area contributed by atoms with Gasteiger partial charge in [0, 0.05) is 22.4 Å². The lowest BCUT2D eigenvalue weighted by Crippen LogP contribution is -2.18. The fraction of sp³-hybridized carbons (Fsp3) is 0.0345. The molecule has 0 bridgehead atoms. The minimum atomic E-state index is -0.491. The predicted molar refractivity (Wildman–Crippen MR) is 138 cm³/mol. The topological polar surface area (TPSA) is 96.9 Å². The molecular weight excluding hydrogens is 454 g/mol. The van der Waals surface area contributed by atoms with Crippen molar-refractivity contribution in [3.8, 4) is 5.75 Å². The first-order valence-electron chi connectivity index (χ1n) is 11.2. The smallest absolute Gasteiger partial charge is 0.343 e. The molecular formula is C29H23N3O4. The number of rotatable bonds is 7. The zero-order valence-electron chi connectivity index (χ0n) is 19.5. The van der Waals surface area contributed by atoms with E-state index in [0.29, 0.717) is 33.7 Å².